The van der Waals surface area contributed by atoms with Crippen LogP contribution in [0.1, 0.15) is 40.3 Å². The van der Waals surface area contributed by atoms with Gasteiger partial charge in [0, 0.05) is 30.5 Å². The van der Waals surface area contributed by atoms with Gasteiger partial charge in [-0.15, -0.1) is 0 Å². The fraction of sp³-hybridized carbons (Fsp3) is 0.235. The molecule has 0 aliphatic heterocycles. The molecule has 0 aliphatic rings. The van der Waals surface area contributed by atoms with E-state index in [9.17, 15) is 9.59 Å². The Hall–Kier alpha value is -2.69. The Bertz CT molecular complexity index is 677. The molecule has 22 heavy (non-hydrogen) atoms. The number of hydrogen-bond donors (Lipinski definition) is 1. The second kappa shape index (κ2) is 6.85. The lowest BCUT2D eigenvalue weighted by molar-refractivity contribution is 0.0686. The first-order valence-corrected chi connectivity index (χ1v) is 7.16. The minimum Gasteiger partial charge on any atom is -0.476 e. The summed E-state index contributed by atoms with van der Waals surface area (Å²) in [6, 6.07) is 10.2. The number of carbonyl (C=O) groups is 2. The lowest BCUT2D eigenvalue weighted by Crippen LogP contribution is -2.21. The Kier molecular flexibility index (Phi) is 4.88. The lowest BCUT2D eigenvalue weighted by Gasteiger charge is -2.21. The summed E-state index contributed by atoms with van der Waals surface area (Å²) in [7, 11) is 0. The Morgan fingerprint density at radius 2 is 1.73 bits per heavy atom. The van der Waals surface area contributed by atoms with Crippen LogP contribution in [-0.2, 0) is 0 Å². The third-order valence-corrected chi connectivity index (χ3v) is 3.51. The van der Waals surface area contributed by atoms with E-state index in [4.69, 9.17) is 5.11 Å². The van der Waals surface area contributed by atoms with Crippen LogP contribution in [0, 0.1) is 0 Å². The number of nitrogens with zero attached hydrogens (tertiary/aromatic N) is 2. The van der Waals surface area contributed by atoms with Gasteiger partial charge in [-0.05, 0) is 50.2 Å². The van der Waals surface area contributed by atoms with E-state index < -0.39 is 5.97 Å². The number of pyridine rings is 1. The average Bonchev–Trinajstić information content (AvgIpc) is 2.56. The summed E-state index contributed by atoms with van der Waals surface area (Å²) in [5.41, 5.74) is 1.36. The van der Waals surface area contributed by atoms with Gasteiger partial charge in [-0.3, -0.25) is 4.79 Å². The number of carboxylic acids is 1. The van der Waals surface area contributed by atoms with Gasteiger partial charge in [-0.1, -0.05) is 0 Å². The summed E-state index contributed by atoms with van der Waals surface area (Å²) in [5, 5.41) is 9.12. The number of aromatic nitrogens is 1. The molecule has 1 heterocycles. The van der Waals surface area contributed by atoms with Gasteiger partial charge in [0.1, 0.15) is 0 Å². The second-order valence-electron chi connectivity index (χ2n) is 4.75. The van der Waals surface area contributed by atoms with Gasteiger partial charge in [-0.25, -0.2) is 9.78 Å². The predicted molar refractivity (Wildman–Crippen MR) is 84.6 cm³/mol. The van der Waals surface area contributed by atoms with Crippen molar-refractivity contribution in [3.8, 4) is 0 Å². The van der Waals surface area contributed by atoms with E-state index in [1.54, 1.807) is 18.2 Å². The van der Waals surface area contributed by atoms with Crippen LogP contribution in [0.3, 0.4) is 0 Å². The van der Waals surface area contributed by atoms with E-state index in [0.29, 0.717) is 5.56 Å². The Morgan fingerprint density at radius 3 is 2.27 bits per heavy atom. The maximum absolute atomic E-state index is 12.5. The van der Waals surface area contributed by atoms with Crippen LogP contribution >= 0.6 is 0 Å². The maximum atomic E-state index is 12.5. The zero-order valence-electron chi connectivity index (χ0n) is 12.6. The monoisotopic (exact) mass is 298 g/mol. The molecule has 0 radical (unpaired) electrons. The third-order valence-electron chi connectivity index (χ3n) is 3.51. The molecule has 1 N–H and O–H groups in total. The van der Waals surface area contributed by atoms with Crippen molar-refractivity contribution < 1.29 is 14.7 Å². The molecule has 0 saturated carbocycles. The second-order valence-corrected chi connectivity index (χ2v) is 4.75. The van der Waals surface area contributed by atoms with Crippen LogP contribution in [0.5, 0.6) is 0 Å². The summed E-state index contributed by atoms with van der Waals surface area (Å²) < 4.78 is 0. The first-order chi connectivity index (χ1) is 10.6. The fourth-order valence-electron chi connectivity index (χ4n) is 2.33. The average molecular weight is 298 g/mol. The van der Waals surface area contributed by atoms with Gasteiger partial charge in [-0.2, -0.15) is 0 Å². The zero-order valence-corrected chi connectivity index (χ0v) is 12.6. The van der Waals surface area contributed by atoms with Crippen molar-refractivity contribution in [2.45, 2.75) is 13.8 Å². The molecule has 0 amide bonds. The Balaban J connectivity index is 2.33. The summed E-state index contributed by atoms with van der Waals surface area (Å²) >= 11 is 0. The molecule has 5 heteroatoms. The van der Waals surface area contributed by atoms with Gasteiger partial charge < -0.3 is 10.0 Å². The first-order valence-electron chi connectivity index (χ1n) is 7.16. The molecular formula is C17H18N2O3. The molecule has 0 aliphatic carbocycles. The molecule has 0 fully saturated rings. The quantitative estimate of drug-likeness (QED) is 0.830. The molecule has 0 bridgehead atoms. The lowest BCUT2D eigenvalue weighted by atomic mass is 10.0. The van der Waals surface area contributed by atoms with Crippen molar-refractivity contribution in [2.75, 3.05) is 18.0 Å². The van der Waals surface area contributed by atoms with Crippen molar-refractivity contribution in [2.24, 2.45) is 0 Å². The highest BCUT2D eigenvalue weighted by Crippen LogP contribution is 2.18. The van der Waals surface area contributed by atoms with E-state index in [-0.39, 0.29) is 17.0 Å². The minimum atomic E-state index is -1.20. The van der Waals surface area contributed by atoms with E-state index in [0.717, 1.165) is 18.8 Å². The largest absolute Gasteiger partial charge is 0.476 e. The number of hydrogen-bond acceptors (Lipinski definition) is 4. The van der Waals surface area contributed by atoms with E-state index in [1.165, 1.54) is 12.3 Å². The van der Waals surface area contributed by atoms with Crippen LogP contribution in [-0.4, -0.2) is 34.9 Å². The maximum Gasteiger partial charge on any atom is 0.355 e. The highest BCUT2D eigenvalue weighted by atomic mass is 16.4. The Morgan fingerprint density at radius 1 is 1.09 bits per heavy atom. The number of ketones is 1. The van der Waals surface area contributed by atoms with Crippen LogP contribution in [0.25, 0.3) is 0 Å². The summed E-state index contributed by atoms with van der Waals surface area (Å²) in [4.78, 5) is 29.6. The predicted octanol–water partition coefficient (Wildman–Crippen LogP) is 2.86. The molecule has 1 aromatic carbocycles. The van der Waals surface area contributed by atoms with Crippen molar-refractivity contribution in [1.29, 1.82) is 0 Å². The smallest absolute Gasteiger partial charge is 0.355 e. The minimum absolute atomic E-state index is 0.102. The van der Waals surface area contributed by atoms with Crippen molar-refractivity contribution in [3.05, 3.63) is 59.4 Å². The number of rotatable bonds is 6. The Labute approximate surface area is 129 Å². The molecular weight excluding hydrogens is 280 g/mol. The number of aromatic carboxylic acids is 1. The molecule has 5 nitrogen and oxygen atoms in total. The molecule has 0 saturated heterocycles. The van der Waals surface area contributed by atoms with Crippen molar-refractivity contribution >= 4 is 17.4 Å². The van der Waals surface area contributed by atoms with E-state index >= 15 is 0 Å². The summed E-state index contributed by atoms with van der Waals surface area (Å²) in [6.45, 7) is 5.90. The highest BCUT2D eigenvalue weighted by molar-refractivity contribution is 6.13. The first kappa shape index (κ1) is 15.7. The van der Waals surface area contributed by atoms with Crippen molar-refractivity contribution in [3.63, 3.8) is 0 Å². The molecule has 2 rings (SSSR count). The summed E-state index contributed by atoms with van der Waals surface area (Å²) in [6.07, 6.45) is 1.36. The zero-order chi connectivity index (χ0) is 16.1. The highest BCUT2D eigenvalue weighted by Gasteiger charge is 2.18. The van der Waals surface area contributed by atoms with Crippen LogP contribution < -0.4 is 4.90 Å². The van der Waals surface area contributed by atoms with Crippen molar-refractivity contribution in [1.82, 2.24) is 4.98 Å². The third kappa shape index (κ3) is 3.14. The van der Waals surface area contributed by atoms with Gasteiger partial charge in [0.15, 0.2) is 11.5 Å². The normalized spacial score (nSPS) is 10.3. The molecule has 114 valence electrons. The van der Waals surface area contributed by atoms with Gasteiger partial charge in [0.2, 0.25) is 0 Å². The number of anilines is 1. The van der Waals surface area contributed by atoms with Gasteiger partial charge >= 0.3 is 5.97 Å². The molecule has 2 aromatic rings. The van der Waals surface area contributed by atoms with Crippen LogP contribution in [0.4, 0.5) is 5.69 Å². The molecule has 0 atom stereocenters. The molecule has 0 unspecified atom stereocenters. The van der Waals surface area contributed by atoms with Gasteiger partial charge in [0.05, 0.1) is 5.56 Å². The number of carboxylic acid groups (broad SMARTS) is 1. The van der Waals surface area contributed by atoms with Gasteiger partial charge in [0.25, 0.3) is 0 Å². The molecule has 1 aromatic heterocycles. The van der Waals surface area contributed by atoms with Crippen LogP contribution in [0.2, 0.25) is 0 Å². The molecule has 0 spiro atoms. The summed E-state index contributed by atoms with van der Waals surface area (Å²) in [5.74, 6) is -1.54. The van der Waals surface area contributed by atoms with E-state index in [1.807, 2.05) is 12.1 Å². The SMILES string of the molecule is CCN(CC)c1ccc(C(=O)c2cccnc2C(=O)O)cc1. The topological polar surface area (TPSA) is 70.5 Å². The standard InChI is InChI=1S/C17H18N2O3/c1-3-19(4-2)13-9-7-12(8-10-13)16(20)14-6-5-11-18-15(14)17(21)22/h5-11H,3-4H2,1-2H3,(H,21,22). The van der Waals surface area contributed by atoms with E-state index in [2.05, 4.69) is 23.7 Å². The fourth-order valence-corrected chi connectivity index (χ4v) is 2.33. The number of carbonyl (C=O) groups excluding carboxylic acids is 1. The number of benzene rings is 1. The van der Waals surface area contributed by atoms with Crippen LogP contribution in [0.15, 0.2) is 42.6 Å².